The highest BCUT2D eigenvalue weighted by molar-refractivity contribution is 6.17. The average molecular weight is 1020 g/mol. The van der Waals surface area contributed by atoms with Crippen LogP contribution in [0.5, 0.6) is 0 Å². The van der Waals surface area contributed by atoms with Crippen molar-refractivity contribution >= 4 is 33.2 Å². The van der Waals surface area contributed by atoms with Gasteiger partial charge in [-0.25, -0.2) is 15.0 Å². The summed E-state index contributed by atoms with van der Waals surface area (Å²) in [5.41, 5.74) is 20.9. The second-order valence-corrected chi connectivity index (χ2v) is 20.6. The highest BCUT2D eigenvalue weighted by Gasteiger charge is 2.39. The SMILES string of the molecule is C1=CC2c3c(-c4cccc5c4c4ccc(-c6ccccc6)cc4n5-c4cc(-c5ccccc5)ccc4-c4nc(-c5ccc(-c6ccccc6)cc5)nc(-c5ccccc5-c5ccccc5)n4)cccc3N(c3ccccc3)C2C=C1. The van der Waals surface area contributed by atoms with Crippen LogP contribution in [0.4, 0.5) is 11.4 Å². The van der Waals surface area contributed by atoms with E-state index in [4.69, 9.17) is 15.0 Å². The van der Waals surface area contributed by atoms with E-state index < -0.39 is 0 Å². The Balaban J connectivity index is 1.01. The van der Waals surface area contributed by atoms with Crippen LogP contribution in [0.3, 0.4) is 0 Å². The third kappa shape index (κ3) is 8.14. The van der Waals surface area contributed by atoms with Crippen LogP contribution < -0.4 is 4.90 Å². The number of rotatable bonds is 10. The molecule has 1 aliphatic heterocycles. The average Bonchev–Trinajstić information content (AvgIpc) is 4.29. The predicted octanol–water partition coefficient (Wildman–Crippen LogP) is 19.0. The van der Waals surface area contributed by atoms with Crippen molar-refractivity contribution in [1.29, 1.82) is 0 Å². The van der Waals surface area contributed by atoms with E-state index in [1.807, 2.05) is 0 Å². The van der Waals surface area contributed by atoms with Crippen LogP contribution in [0.1, 0.15) is 11.5 Å². The zero-order valence-corrected chi connectivity index (χ0v) is 43.7. The minimum Gasteiger partial charge on any atom is -0.333 e. The standard InChI is InChI=1S/C75H51N5/c1-6-22-50(23-7-1)53-40-42-55(43-41-53)73-76-74(62-33-17-16-32-59(62)54-28-12-4-13-29-54)78-75(77-73)65-47-45-57(52-26-10-3-11-27-52)49-70(65)80-68-39-21-36-61(72(68)64-46-44-56(48-69(64)80)51-24-8-2-9-25-51)60-35-20-38-67-71(60)63-34-18-19-37-66(63)79(67)58-30-14-5-15-31-58/h1-49,63,66H. The van der Waals surface area contributed by atoms with Gasteiger partial charge in [-0.1, -0.05) is 255 Å². The smallest absolute Gasteiger partial charge is 0.166 e. The molecule has 13 aromatic rings. The van der Waals surface area contributed by atoms with Gasteiger partial charge in [0.05, 0.1) is 22.8 Å². The third-order valence-corrected chi connectivity index (χ3v) is 16.0. The van der Waals surface area contributed by atoms with Gasteiger partial charge in [0, 0.05) is 44.8 Å². The molecule has 0 amide bonds. The van der Waals surface area contributed by atoms with Gasteiger partial charge in [0.2, 0.25) is 0 Å². The summed E-state index contributed by atoms with van der Waals surface area (Å²) in [4.78, 5) is 19.0. The Morgan fingerprint density at radius 3 is 1.50 bits per heavy atom. The second kappa shape index (κ2) is 19.8. The molecule has 0 spiro atoms. The van der Waals surface area contributed by atoms with Crippen LogP contribution in [-0.4, -0.2) is 25.6 Å². The summed E-state index contributed by atoms with van der Waals surface area (Å²) < 4.78 is 2.48. The highest BCUT2D eigenvalue weighted by Crippen LogP contribution is 2.53. The lowest BCUT2D eigenvalue weighted by Gasteiger charge is -2.28. The van der Waals surface area contributed by atoms with E-state index in [-0.39, 0.29) is 12.0 Å². The molecule has 2 unspecified atom stereocenters. The number of hydrogen-bond acceptors (Lipinski definition) is 4. The summed E-state index contributed by atoms with van der Waals surface area (Å²) in [6.45, 7) is 0. The molecule has 0 saturated heterocycles. The van der Waals surface area contributed by atoms with Crippen molar-refractivity contribution in [3.63, 3.8) is 0 Å². The maximum atomic E-state index is 5.57. The minimum absolute atomic E-state index is 0.146. The number of aromatic nitrogens is 4. The molecule has 15 rings (SSSR count). The summed E-state index contributed by atoms with van der Waals surface area (Å²) in [5.74, 6) is 1.92. The zero-order chi connectivity index (χ0) is 52.9. The predicted molar refractivity (Wildman–Crippen MR) is 331 cm³/mol. The number of hydrogen-bond donors (Lipinski definition) is 0. The molecule has 0 saturated carbocycles. The molecule has 0 bridgehead atoms. The van der Waals surface area contributed by atoms with Crippen LogP contribution in [0.25, 0.3) is 117 Å². The van der Waals surface area contributed by atoms with E-state index in [0.717, 1.165) is 83.3 Å². The lowest BCUT2D eigenvalue weighted by molar-refractivity contribution is 0.745. The topological polar surface area (TPSA) is 46.8 Å². The number of benzene rings is 11. The summed E-state index contributed by atoms with van der Waals surface area (Å²) in [6.07, 6.45) is 9.16. The lowest BCUT2D eigenvalue weighted by Crippen LogP contribution is -2.28. The van der Waals surface area contributed by atoms with E-state index >= 15 is 0 Å². The number of nitrogens with zero attached hydrogens (tertiary/aromatic N) is 5. The van der Waals surface area contributed by atoms with Crippen LogP contribution in [0.15, 0.2) is 297 Å². The van der Waals surface area contributed by atoms with Crippen molar-refractivity contribution in [3.05, 3.63) is 303 Å². The van der Waals surface area contributed by atoms with E-state index in [0.29, 0.717) is 17.5 Å². The Labute approximate surface area is 465 Å². The molecule has 2 aliphatic rings. The Morgan fingerprint density at radius 2 is 0.800 bits per heavy atom. The van der Waals surface area contributed by atoms with Gasteiger partial charge in [0.1, 0.15) is 0 Å². The molecule has 5 heteroatoms. The van der Waals surface area contributed by atoms with Crippen LogP contribution in [0, 0.1) is 0 Å². The molecular formula is C75H51N5. The van der Waals surface area contributed by atoms with Gasteiger partial charge in [0.15, 0.2) is 17.5 Å². The summed E-state index contributed by atoms with van der Waals surface area (Å²) in [5, 5.41) is 2.34. The Hall–Kier alpha value is -10.5. The molecule has 0 radical (unpaired) electrons. The van der Waals surface area contributed by atoms with E-state index in [9.17, 15) is 0 Å². The fraction of sp³-hybridized carbons (Fsp3) is 0.0267. The van der Waals surface area contributed by atoms with Crippen molar-refractivity contribution in [1.82, 2.24) is 19.5 Å². The highest BCUT2D eigenvalue weighted by atomic mass is 15.2. The zero-order valence-electron chi connectivity index (χ0n) is 43.7. The first-order valence-corrected chi connectivity index (χ1v) is 27.4. The van der Waals surface area contributed by atoms with E-state index in [1.165, 1.54) is 33.5 Å². The van der Waals surface area contributed by atoms with Crippen molar-refractivity contribution in [2.24, 2.45) is 0 Å². The maximum Gasteiger partial charge on any atom is 0.166 e. The number of anilines is 2. The second-order valence-electron chi connectivity index (χ2n) is 20.6. The van der Waals surface area contributed by atoms with Gasteiger partial charge >= 0.3 is 0 Å². The first-order valence-electron chi connectivity index (χ1n) is 27.4. The largest absolute Gasteiger partial charge is 0.333 e. The van der Waals surface area contributed by atoms with Gasteiger partial charge in [-0.3, -0.25) is 0 Å². The number of fused-ring (bicyclic) bond motifs is 6. The summed E-state index contributed by atoms with van der Waals surface area (Å²) in [7, 11) is 0. The van der Waals surface area contributed by atoms with Crippen molar-refractivity contribution in [3.8, 4) is 95.5 Å². The molecule has 3 heterocycles. The summed E-state index contributed by atoms with van der Waals surface area (Å²) >= 11 is 0. The molecule has 2 aromatic heterocycles. The monoisotopic (exact) mass is 1020 g/mol. The molecule has 2 atom stereocenters. The van der Waals surface area contributed by atoms with Gasteiger partial charge in [-0.05, 0) is 104 Å². The quantitative estimate of drug-likeness (QED) is 0.137. The molecular weight excluding hydrogens is 971 g/mol. The molecule has 5 nitrogen and oxygen atoms in total. The van der Waals surface area contributed by atoms with Crippen molar-refractivity contribution in [2.75, 3.05) is 4.90 Å². The molecule has 11 aromatic carbocycles. The van der Waals surface area contributed by atoms with Crippen LogP contribution in [0.2, 0.25) is 0 Å². The van der Waals surface area contributed by atoms with E-state index in [2.05, 4.69) is 307 Å². The molecule has 80 heavy (non-hydrogen) atoms. The molecule has 0 N–H and O–H groups in total. The van der Waals surface area contributed by atoms with Crippen LogP contribution in [-0.2, 0) is 0 Å². The lowest BCUT2D eigenvalue weighted by atomic mass is 9.85. The fourth-order valence-corrected chi connectivity index (χ4v) is 12.3. The molecule has 1 aliphatic carbocycles. The molecule has 0 fully saturated rings. The Bertz CT molecular complexity index is 4510. The van der Waals surface area contributed by atoms with Gasteiger partial charge in [-0.15, -0.1) is 0 Å². The normalized spacial score (nSPS) is 14.4. The van der Waals surface area contributed by atoms with Gasteiger partial charge in [-0.2, -0.15) is 0 Å². The Kier molecular flexibility index (Phi) is 11.6. The number of allylic oxidation sites excluding steroid dienone is 2. The van der Waals surface area contributed by atoms with E-state index in [1.54, 1.807) is 0 Å². The van der Waals surface area contributed by atoms with Crippen LogP contribution >= 0.6 is 0 Å². The molecule has 376 valence electrons. The van der Waals surface area contributed by atoms with Gasteiger partial charge in [0.25, 0.3) is 0 Å². The first kappa shape index (κ1) is 46.8. The van der Waals surface area contributed by atoms with Crippen molar-refractivity contribution < 1.29 is 0 Å². The Morgan fingerprint density at radius 1 is 0.300 bits per heavy atom. The maximum absolute atomic E-state index is 5.57. The van der Waals surface area contributed by atoms with Gasteiger partial charge < -0.3 is 9.47 Å². The number of para-hydroxylation sites is 1. The fourth-order valence-electron chi connectivity index (χ4n) is 12.3. The summed E-state index contributed by atoms with van der Waals surface area (Å²) in [6, 6.07) is 97.9. The minimum atomic E-state index is 0.146. The first-order chi connectivity index (χ1) is 39.7. The third-order valence-electron chi connectivity index (χ3n) is 16.0. The van der Waals surface area contributed by atoms with Crippen molar-refractivity contribution in [2.45, 2.75) is 12.0 Å².